The Labute approximate surface area is 94.8 Å². The Hall–Kier alpha value is -1.84. The Morgan fingerprint density at radius 1 is 1.50 bits per heavy atom. The molecule has 0 aromatic heterocycles. The lowest BCUT2D eigenvalue weighted by Gasteiger charge is -2.07. The Balaban J connectivity index is 1.85. The van der Waals surface area contributed by atoms with Gasteiger partial charge in [0, 0.05) is 12.6 Å². The Kier molecular flexibility index (Phi) is 3.19. The minimum atomic E-state index is -0.131. The van der Waals surface area contributed by atoms with Crippen LogP contribution in [-0.4, -0.2) is 24.3 Å². The van der Waals surface area contributed by atoms with Crippen molar-refractivity contribution in [1.29, 1.82) is 0 Å². The van der Waals surface area contributed by atoms with Crippen LogP contribution >= 0.6 is 0 Å². The van der Waals surface area contributed by atoms with Crippen LogP contribution in [0.1, 0.15) is 12.5 Å². The van der Waals surface area contributed by atoms with Gasteiger partial charge in [-0.05, 0) is 12.5 Å². The molecule has 1 heterocycles. The van der Waals surface area contributed by atoms with Crippen LogP contribution < -0.4 is 10.6 Å². The van der Waals surface area contributed by atoms with Gasteiger partial charge in [-0.2, -0.15) is 0 Å². The van der Waals surface area contributed by atoms with Crippen molar-refractivity contribution < 1.29 is 4.79 Å². The van der Waals surface area contributed by atoms with E-state index >= 15 is 0 Å². The van der Waals surface area contributed by atoms with Gasteiger partial charge in [-0.3, -0.25) is 9.79 Å². The second-order valence-electron chi connectivity index (χ2n) is 3.90. The van der Waals surface area contributed by atoms with Crippen molar-refractivity contribution in [1.82, 2.24) is 10.6 Å². The van der Waals surface area contributed by atoms with Gasteiger partial charge < -0.3 is 10.6 Å². The highest BCUT2D eigenvalue weighted by molar-refractivity contribution is 6.38. The lowest BCUT2D eigenvalue weighted by Crippen LogP contribution is -2.39. The first kappa shape index (κ1) is 10.7. The molecule has 1 atom stereocenters. The Morgan fingerprint density at radius 3 is 2.88 bits per heavy atom. The monoisotopic (exact) mass is 217 g/mol. The van der Waals surface area contributed by atoms with E-state index in [1.165, 1.54) is 0 Å². The summed E-state index contributed by atoms with van der Waals surface area (Å²) in [5.74, 6) is 0.316. The number of rotatable bonds is 3. The fraction of sp³-hybridized carbons (Fsp3) is 0.333. The molecule has 0 aliphatic carbocycles. The third-order valence-electron chi connectivity index (χ3n) is 2.42. The van der Waals surface area contributed by atoms with Gasteiger partial charge in [0.25, 0.3) is 5.91 Å². The fourth-order valence-electron chi connectivity index (χ4n) is 1.55. The van der Waals surface area contributed by atoms with E-state index < -0.39 is 0 Å². The number of benzene rings is 1. The van der Waals surface area contributed by atoms with E-state index in [9.17, 15) is 4.79 Å². The Morgan fingerprint density at radius 2 is 2.25 bits per heavy atom. The van der Waals surface area contributed by atoms with Gasteiger partial charge in [0.1, 0.15) is 0 Å². The summed E-state index contributed by atoms with van der Waals surface area (Å²) >= 11 is 0. The smallest absolute Gasteiger partial charge is 0.286 e. The minimum absolute atomic E-state index is 0.131. The highest BCUT2D eigenvalue weighted by atomic mass is 16.2. The van der Waals surface area contributed by atoms with Crippen molar-refractivity contribution in [3.05, 3.63) is 35.9 Å². The van der Waals surface area contributed by atoms with E-state index in [-0.39, 0.29) is 11.9 Å². The summed E-state index contributed by atoms with van der Waals surface area (Å²) in [6.45, 7) is 3.21. The zero-order chi connectivity index (χ0) is 11.4. The average molecular weight is 217 g/mol. The highest BCUT2D eigenvalue weighted by Gasteiger charge is 2.18. The first-order chi connectivity index (χ1) is 7.75. The molecule has 0 saturated heterocycles. The van der Waals surface area contributed by atoms with E-state index in [0.717, 1.165) is 5.56 Å². The first-order valence-electron chi connectivity index (χ1n) is 5.39. The molecule has 84 valence electrons. The molecule has 1 aromatic carbocycles. The van der Waals surface area contributed by atoms with Crippen molar-refractivity contribution in [2.45, 2.75) is 19.5 Å². The van der Waals surface area contributed by atoms with Crippen molar-refractivity contribution >= 4 is 11.7 Å². The molecule has 2 rings (SSSR count). The minimum Gasteiger partial charge on any atom is -0.361 e. The van der Waals surface area contributed by atoms with Crippen LogP contribution in [0.25, 0.3) is 0 Å². The summed E-state index contributed by atoms with van der Waals surface area (Å²) in [7, 11) is 0. The topological polar surface area (TPSA) is 53.5 Å². The number of carbonyl (C=O) groups is 1. The number of amides is 1. The zero-order valence-electron chi connectivity index (χ0n) is 9.23. The van der Waals surface area contributed by atoms with Crippen LogP contribution in [0.2, 0.25) is 0 Å². The maximum Gasteiger partial charge on any atom is 0.286 e. The molecule has 0 fully saturated rings. The van der Waals surface area contributed by atoms with E-state index in [0.29, 0.717) is 18.9 Å². The van der Waals surface area contributed by atoms with Crippen molar-refractivity contribution in [3.8, 4) is 0 Å². The lowest BCUT2D eigenvalue weighted by molar-refractivity contribution is -0.115. The van der Waals surface area contributed by atoms with Crippen LogP contribution in [0.5, 0.6) is 0 Å². The molecule has 4 heteroatoms. The third kappa shape index (κ3) is 2.59. The molecule has 0 saturated carbocycles. The molecule has 4 nitrogen and oxygen atoms in total. The van der Waals surface area contributed by atoms with Gasteiger partial charge in [-0.15, -0.1) is 0 Å². The van der Waals surface area contributed by atoms with Gasteiger partial charge in [-0.1, -0.05) is 30.3 Å². The van der Waals surface area contributed by atoms with Crippen molar-refractivity contribution in [2.75, 3.05) is 6.54 Å². The number of hydrogen-bond acceptors (Lipinski definition) is 3. The van der Waals surface area contributed by atoms with Crippen molar-refractivity contribution in [3.63, 3.8) is 0 Å². The number of amidine groups is 1. The molecule has 0 bridgehead atoms. The number of nitrogens with zero attached hydrogens (tertiary/aromatic N) is 1. The molecule has 0 spiro atoms. The molecule has 1 aliphatic rings. The summed E-state index contributed by atoms with van der Waals surface area (Å²) in [6, 6.07) is 10.1. The summed E-state index contributed by atoms with van der Waals surface area (Å²) in [6.07, 6.45) is 0. The average Bonchev–Trinajstić information content (AvgIpc) is 2.74. The van der Waals surface area contributed by atoms with Gasteiger partial charge >= 0.3 is 0 Å². The Bertz CT molecular complexity index is 400. The van der Waals surface area contributed by atoms with E-state index in [1.807, 2.05) is 37.3 Å². The zero-order valence-corrected chi connectivity index (χ0v) is 9.23. The van der Waals surface area contributed by atoms with Crippen LogP contribution in [0.4, 0.5) is 0 Å². The van der Waals surface area contributed by atoms with E-state index in [2.05, 4.69) is 15.6 Å². The van der Waals surface area contributed by atoms with Crippen molar-refractivity contribution in [2.24, 2.45) is 4.99 Å². The van der Waals surface area contributed by atoms with Crippen LogP contribution in [-0.2, 0) is 11.3 Å². The molecule has 1 unspecified atom stereocenters. The van der Waals surface area contributed by atoms with Crippen LogP contribution in [0.15, 0.2) is 35.3 Å². The molecule has 1 amide bonds. The second-order valence-corrected chi connectivity index (χ2v) is 3.90. The molecule has 16 heavy (non-hydrogen) atoms. The van der Waals surface area contributed by atoms with Gasteiger partial charge in [-0.25, -0.2) is 0 Å². The molecular formula is C12H15N3O. The SMILES string of the molecule is CC1CN=C(C(=O)NCc2ccccc2)N1. The molecule has 1 aromatic rings. The maximum absolute atomic E-state index is 11.7. The van der Waals surface area contributed by atoms with Crippen LogP contribution in [0.3, 0.4) is 0 Å². The number of hydrogen-bond donors (Lipinski definition) is 2. The predicted molar refractivity (Wildman–Crippen MR) is 63.2 cm³/mol. The first-order valence-corrected chi connectivity index (χ1v) is 5.39. The lowest BCUT2D eigenvalue weighted by atomic mass is 10.2. The molecule has 1 aliphatic heterocycles. The normalized spacial score (nSPS) is 18.8. The molecule has 2 N–H and O–H groups in total. The quantitative estimate of drug-likeness (QED) is 0.782. The standard InChI is InChI=1S/C12H15N3O/c1-9-7-13-11(15-9)12(16)14-8-10-5-3-2-4-6-10/h2-6,9H,7-8H2,1H3,(H,13,15)(H,14,16). The van der Waals surface area contributed by atoms with E-state index in [4.69, 9.17) is 0 Å². The highest BCUT2D eigenvalue weighted by Crippen LogP contribution is 1.98. The molecule has 0 radical (unpaired) electrons. The summed E-state index contributed by atoms with van der Waals surface area (Å²) in [5, 5.41) is 5.86. The molecular weight excluding hydrogens is 202 g/mol. The van der Waals surface area contributed by atoms with Crippen LogP contribution in [0, 0.1) is 0 Å². The summed E-state index contributed by atoms with van der Waals surface area (Å²) in [4.78, 5) is 15.8. The van der Waals surface area contributed by atoms with Gasteiger partial charge in [0.05, 0.1) is 6.54 Å². The largest absolute Gasteiger partial charge is 0.361 e. The third-order valence-corrected chi connectivity index (χ3v) is 2.42. The van der Waals surface area contributed by atoms with Gasteiger partial charge in [0.15, 0.2) is 5.84 Å². The number of carbonyl (C=O) groups excluding carboxylic acids is 1. The van der Waals surface area contributed by atoms with Gasteiger partial charge in [0.2, 0.25) is 0 Å². The second kappa shape index (κ2) is 4.79. The fourth-order valence-corrected chi connectivity index (χ4v) is 1.55. The number of nitrogens with one attached hydrogen (secondary N) is 2. The maximum atomic E-state index is 11.7. The predicted octanol–water partition coefficient (Wildman–Crippen LogP) is 0.693. The van der Waals surface area contributed by atoms with E-state index in [1.54, 1.807) is 0 Å². The summed E-state index contributed by atoms with van der Waals surface area (Å²) in [5.41, 5.74) is 1.09. The summed E-state index contributed by atoms with van der Waals surface area (Å²) < 4.78 is 0. The number of aliphatic imine (C=N–C) groups is 1.